The third kappa shape index (κ3) is 1.50. The molecule has 15 heavy (non-hydrogen) atoms. The van der Waals surface area contributed by atoms with Crippen LogP contribution in [0.2, 0.25) is 0 Å². The van der Waals surface area contributed by atoms with Crippen molar-refractivity contribution in [3.05, 3.63) is 40.9 Å². The first-order valence-corrected chi connectivity index (χ1v) is 5.32. The first-order chi connectivity index (χ1) is 7.08. The molecule has 0 saturated carbocycles. The molecule has 78 valence electrons. The summed E-state index contributed by atoms with van der Waals surface area (Å²) < 4.78 is 0.834. The van der Waals surface area contributed by atoms with Crippen LogP contribution in [0.4, 0.5) is 5.69 Å². The zero-order chi connectivity index (χ0) is 11.1. The largest absolute Gasteiger partial charge is 0.375 e. The fourth-order valence-corrected chi connectivity index (χ4v) is 2.09. The summed E-state index contributed by atoms with van der Waals surface area (Å²) in [7, 11) is 0. The summed E-state index contributed by atoms with van der Waals surface area (Å²) in [6, 6.07) is 5.33. The topological polar surface area (TPSA) is 49.3 Å². The van der Waals surface area contributed by atoms with Crippen molar-refractivity contribution in [2.75, 3.05) is 5.32 Å². The summed E-state index contributed by atoms with van der Waals surface area (Å²) in [4.78, 5) is 11.6. The van der Waals surface area contributed by atoms with Gasteiger partial charge in [0.2, 0.25) is 0 Å². The van der Waals surface area contributed by atoms with Crippen LogP contribution in [0.25, 0.3) is 0 Å². The lowest BCUT2D eigenvalue weighted by Gasteiger charge is -2.18. The van der Waals surface area contributed by atoms with Crippen molar-refractivity contribution < 1.29 is 9.90 Å². The minimum atomic E-state index is -1.47. The van der Waals surface area contributed by atoms with Crippen LogP contribution in [0, 0.1) is 0 Å². The minimum Gasteiger partial charge on any atom is -0.375 e. The zero-order valence-corrected chi connectivity index (χ0v) is 9.54. The molecule has 1 aromatic rings. The van der Waals surface area contributed by atoms with E-state index in [9.17, 15) is 9.90 Å². The summed E-state index contributed by atoms with van der Waals surface area (Å²) in [5.74, 6) is -0.393. The van der Waals surface area contributed by atoms with E-state index in [2.05, 4.69) is 27.8 Å². The molecule has 1 heterocycles. The molecule has 4 heteroatoms. The van der Waals surface area contributed by atoms with Crippen LogP contribution in [-0.4, -0.2) is 11.0 Å². The second kappa shape index (κ2) is 3.47. The molecular formula is C11H10BrNO2. The van der Waals surface area contributed by atoms with Gasteiger partial charge in [0, 0.05) is 22.1 Å². The molecule has 0 aliphatic carbocycles. The van der Waals surface area contributed by atoms with Gasteiger partial charge in [0.25, 0.3) is 5.91 Å². The molecule has 1 atom stereocenters. The molecule has 1 aliphatic heterocycles. The first kappa shape index (κ1) is 10.4. The van der Waals surface area contributed by atoms with Crippen LogP contribution in [0.1, 0.15) is 12.0 Å². The van der Waals surface area contributed by atoms with E-state index in [1.807, 2.05) is 6.07 Å². The molecule has 0 bridgehead atoms. The molecule has 0 saturated heterocycles. The smallest absolute Gasteiger partial charge is 0.261 e. The Kier molecular flexibility index (Phi) is 2.40. The lowest BCUT2D eigenvalue weighted by Crippen LogP contribution is -2.33. The molecule has 0 fully saturated rings. The summed E-state index contributed by atoms with van der Waals surface area (Å²) >= 11 is 3.31. The highest BCUT2D eigenvalue weighted by atomic mass is 79.9. The number of aliphatic hydroxyl groups is 1. The number of halogens is 1. The van der Waals surface area contributed by atoms with Crippen molar-refractivity contribution in [3.8, 4) is 0 Å². The van der Waals surface area contributed by atoms with Crippen molar-refractivity contribution in [2.45, 2.75) is 12.0 Å². The average Bonchev–Trinajstić information content (AvgIpc) is 2.42. The second-order valence-electron chi connectivity index (χ2n) is 3.50. The van der Waals surface area contributed by atoms with Crippen LogP contribution in [0.15, 0.2) is 35.3 Å². The van der Waals surface area contributed by atoms with Gasteiger partial charge < -0.3 is 10.4 Å². The highest BCUT2D eigenvalue weighted by molar-refractivity contribution is 9.10. The van der Waals surface area contributed by atoms with Gasteiger partial charge in [-0.1, -0.05) is 22.0 Å². The number of anilines is 1. The zero-order valence-electron chi connectivity index (χ0n) is 7.96. The highest BCUT2D eigenvalue weighted by Crippen LogP contribution is 2.39. The van der Waals surface area contributed by atoms with Gasteiger partial charge in [-0.25, -0.2) is 0 Å². The van der Waals surface area contributed by atoms with E-state index < -0.39 is 11.5 Å². The Bertz CT molecular complexity index is 444. The van der Waals surface area contributed by atoms with Crippen LogP contribution in [0.5, 0.6) is 0 Å². The second-order valence-corrected chi connectivity index (χ2v) is 4.41. The Morgan fingerprint density at radius 3 is 3.00 bits per heavy atom. The van der Waals surface area contributed by atoms with Crippen LogP contribution in [-0.2, 0) is 10.4 Å². The normalized spacial score (nSPS) is 23.5. The standard InChI is InChI=1S/C11H10BrNO2/c1-2-5-11(15)8-6-7(12)3-4-9(8)13-10(11)14/h2-4,6,15H,1,5H2,(H,13,14). The summed E-state index contributed by atoms with van der Waals surface area (Å²) in [5.41, 5.74) is -0.213. The SMILES string of the molecule is C=CCC1(O)C(=O)Nc2ccc(Br)cc21. The fourth-order valence-electron chi connectivity index (χ4n) is 1.73. The van der Waals surface area contributed by atoms with Crippen LogP contribution >= 0.6 is 15.9 Å². The van der Waals surface area contributed by atoms with Gasteiger partial charge in [0.1, 0.15) is 0 Å². The molecule has 0 spiro atoms. The van der Waals surface area contributed by atoms with Gasteiger partial charge in [0.15, 0.2) is 5.60 Å². The molecule has 2 rings (SSSR count). The number of carbonyl (C=O) groups is 1. The Balaban J connectivity index is 2.57. The quantitative estimate of drug-likeness (QED) is 0.807. The predicted molar refractivity (Wildman–Crippen MR) is 61.5 cm³/mol. The van der Waals surface area contributed by atoms with Gasteiger partial charge in [-0.15, -0.1) is 6.58 Å². The molecule has 1 unspecified atom stereocenters. The number of fused-ring (bicyclic) bond motifs is 1. The molecule has 0 radical (unpaired) electrons. The predicted octanol–water partition coefficient (Wildman–Crippen LogP) is 2.16. The lowest BCUT2D eigenvalue weighted by atomic mass is 9.92. The van der Waals surface area contributed by atoms with Gasteiger partial charge in [-0.2, -0.15) is 0 Å². The maximum atomic E-state index is 11.6. The lowest BCUT2D eigenvalue weighted by molar-refractivity contribution is -0.133. The molecule has 1 aliphatic rings. The molecular weight excluding hydrogens is 258 g/mol. The maximum absolute atomic E-state index is 11.6. The molecule has 3 nitrogen and oxygen atoms in total. The van der Waals surface area contributed by atoms with E-state index in [0.717, 1.165) is 4.47 Å². The molecule has 0 aromatic heterocycles. The van der Waals surface area contributed by atoms with Crippen molar-refractivity contribution in [1.29, 1.82) is 0 Å². The van der Waals surface area contributed by atoms with E-state index in [1.165, 1.54) is 6.08 Å². The average molecular weight is 268 g/mol. The number of hydrogen-bond acceptors (Lipinski definition) is 2. The van der Waals surface area contributed by atoms with Crippen molar-refractivity contribution >= 4 is 27.5 Å². The van der Waals surface area contributed by atoms with Crippen molar-refractivity contribution in [1.82, 2.24) is 0 Å². The number of amides is 1. The third-order valence-electron chi connectivity index (χ3n) is 2.49. The first-order valence-electron chi connectivity index (χ1n) is 4.52. The van der Waals surface area contributed by atoms with E-state index >= 15 is 0 Å². The summed E-state index contributed by atoms with van der Waals surface area (Å²) in [6.45, 7) is 3.55. The van der Waals surface area contributed by atoms with Crippen LogP contribution in [0.3, 0.4) is 0 Å². The Labute approximate surface area is 95.9 Å². The van der Waals surface area contributed by atoms with E-state index in [4.69, 9.17) is 0 Å². The van der Waals surface area contributed by atoms with Crippen molar-refractivity contribution in [3.63, 3.8) is 0 Å². The number of hydrogen-bond donors (Lipinski definition) is 2. The van der Waals surface area contributed by atoms with Gasteiger partial charge in [-0.3, -0.25) is 4.79 Å². The third-order valence-corrected chi connectivity index (χ3v) is 2.98. The Morgan fingerprint density at radius 2 is 2.33 bits per heavy atom. The van der Waals surface area contributed by atoms with E-state index in [1.54, 1.807) is 12.1 Å². The monoisotopic (exact) mass is 267 g/mol. The van der Waals surface area contributed by atoms with E-state index in [-0.39, 0.29) is 6.42 Å². The van der Waals surface area contributed by atoms with Crippen molar-refractivity contribution in [2.24, 2.45) is 0 Å². The minimum absolute atomic E-state index is 0.211. The summed E-state index contributed by atoms with van der Waals surface area (Å²) in [6.07, 6.45) is 1.75. The Morgan fingerprint density at radius 1 is 1.60 bits per heavy atom. The van der Waals surface area contributed by atoms with Gasteiger partial charge >= 0.3 is 0 Å². The van der Waals surface area contributed by atoms with Gasteiger partial charge in [0.05, 0.1) is 0 Å². The Hall–Kier alpha value is -1.13. The molecule has 1 amide bonds. The molecule has 2 N–H and O–H groups in total. The van der Waals surface area contributed by atoms with Crippen LogP contribution < -0.4 is 5.32 Å². The number of nitrogens with one attached hydrogen (secondary N) is 1. The maximum Gasteiger partial charge on any atom is 0.261 e. The summed E-state index contributed by atoms with van der Waals surface area (Å²) in [5, 5.41) is 12.9. The van der Waals surface area contributed by atoms with E-state index in [0.29, 0.717) is 11.3 Å². The number of benzene rings is 1. The highest BCUT2D eigenvalue weighted by Gasteiger charge is 2.44. The fraction of sp³-hybridized carbons (Fsp3) is 0.182. The number of carbonyl (C=O) groups excluding carboxylic acids is 1. The number of rotatable bonds is 2. The molecule has 1 aromatic carbocycles. The van der Waals surface area contributed by atoms with Gasteiger partial charge in [-0.05, 0) is 18.2 Å².